The molecule has 0 aliphatic heterocycles. The third-order valence-electron chi connectivity index (χ3n) is 2.43. The van der Waals surface area contributed by atoms with Crippen LogP contribution in [0.15, 0.2) is 24.3 Å². The Labute approximate surface area is 92.5 Å². The standard InChI is InChI=1S/C12H20NOP/c1-10-7-5-6-8-12(10)11(2)13-9-15(3,4)14/h5-8,11,13H,9H2,1-4H3. The maximum absolute atomic E-state index is 11.6. The number of aryl methyl sites for hydroxylation is 1. The first kappa shape index (κ1) is 12.5. The summed E-state index contributed by atoms with van der Waals surface area (Å²) in [5.41, 5.74) is 2.56. The lowest BCUT2D eigenvalue weighted by Gasteiger charge is -2.18. The average Bonchev–Trinajstić information content (AvgIpc) is 2.14. The zero-order chi connectivity index (χ0) is 11.5. The van der Waals surface area contributed by atoms with Gasteiger partial charge in [-0.05, 0) is 38.3 Å². The number of hydrogen-bond acceptors (Lipinski definition) is 2. The van der Waals surface area contributed by atoms with Crippen molar-refractivity contribution in [1.82, 2.24) is 5.32 Å². The highest BCUT2D eigenvalue weighted by Gasteiger charge is 2.11. The lowest BCUT2D eigenvalue weighted by atomic mass is 10.0. The van der Waals surface area contributed by atoms with Crippen LogP contribution in [0.4, 0.5) is 0 Å². The minimum atomic E-state index is -1.97. The Morgan fingerprint density at radius 3 is 2.47 bits per heavy atom. The minimum Gasteiger partial charge on any atom is -0.323 e. The highest BCUT2D eigenvalue weighted by molar-refractivity contribution is 7.62. The summed E-state index contributed by atoms with van der Waals surface area (Å²) in [7, 11) is -1.97. The van der Waals surface area contributed by atoms with Crippen molar-refractivity contribution >= 4 is 7.14 Å². The van der Waals surface area contributed by atoms with Gasteiger partial charge >= 0.3 is 0 Å². The highest BCUT2D eigenvalue weighted by atomic mass is 31.2. The van der Waals surface area contributed by atoms with Crippen LogP contribution in [0.5, 0.6) is 0 Å². The lowest BCUT2D eigenvalue weighted by Crippen LogP contribution is -2.20. The van der Waals surface area contributed by atoms with Crippen molar-refractivity contribution in [1.29, 1.82) is 0 Å². The molecule has 1 aromatic rings. The van der Waals surface area contributed by atoms with E-state index in [2.05, 4.69) is 31.3 Å². The molecule has 0 fully saturated rings. The third-order valence-corrected chi connectivity index (χ3v) is 3.38. The Hall–Kier alpha value is -0.590. The van der Waals surface area contributed by atoms with Gasteiger partial charge in [0.25, 0.3) is 0 Å². The van der Waals surface area contributed by atoms with Gasteiger partial charge in [-0.3, -0.25) is 0 Å². The molecular formula is C12H20NOP. The number of hydrogen-bond donors (Lipinski definition) is 1. The molecule has 0 saturated heterocycles. The molecule has 0 amide bonds. The van der Waals surface area contributed by atoms with Crippen molar-refractivity contribution in [3.05, 3.63) is 35.4 Å². The molecule has 1 unspecified atom stereocenters. The van der Waals surface area contributed by atoms with Crippen molar-refractivity contribution in [2.75, 3.05) is 19.6 Å². The Bertz CT molecular complexity index is 370. The first-order chi connectivity index (χ1) is 6.90. The number of rotatable bonds is 4. The molecule has 0 aliphatic rings. The van der Waals surface area contributed by atoms with E-state index in [0.29, 0.717) is 6.29 Å². The molecule has 1 rings (SSSR count). The summed E-state index contributed by atoms with van der Waals surface area (Å²) in [6.45, 7) is 7.83. The first-order valence-electron chi connectivity index (χ1n) is 5.23. The summed E-state index contributed by atoms with van der Waals surface area (Å²) >= 11 is 0. The average molecular weight is 225 g/mol. The fourth-order valence-corrected chi connectivity index (χ4v) is 2.25. The van der Waals surface area contributed by atoms with E-state index in [1.807, 2.05) is 25.5 Å². The summed E-state index contributed by atoms with van der Waals surface area (Å²) in [4.78, 5) is 0. The molecule has 15 heavy (non-hydrogen) atoms. The van der Waals surface area contributed by atoms with Crippen LogP contribution in [0.3, 0.4) is 0 Å². The highest BCUT2D eigenvalue weighted by Crippen LogP contribution is 2.34. The van der Waals surface area contributed by atoms with Crippen molar-refractivity contribution in [2.45, 2.75) is 19.9 Å². The zero-order valence-electron chi connectivity index (χ0n) is 9.95. The number of benzene rings is 1. The predicted octanol–water partition coefficient (Wildman–Crippen LogP) is 3.23. The molecule has 1 atom stereocenters. The smallest absolute Gasteiger partial charge is 0.0949 e. The largest absolute Gasteiger partial charge is 0.323 e. The maximum atomic E-state index is 11.6. The van der Waals surface area contributed by atoms with Gasteiger partial charge in [0.15, 0.2) is 0 Å². The Kier molecular flexibility index (Phi) is 4.12. The maximum Gasteiger partial charge on any atom is 0.0949 e. The van der Waals surface area contributed by atoms with Gasteiger partial charge in [-0.25, -0.2) is 0 Å². The molecule has 2 nitrogen and oxygen atoms in total. The van der Waals surface area contributed by atoms with E-state index in [9.17, 15) is 4.57 Å². The predicted molar refractivity (Wildman–Crippen MR) is 67.1 cm³/mol. The van der Waals surface area contributed by atoms with Gasteiger partial charge in [0.2, 0.25) is 0 Å². The fourth-order valence-electron chi connectivity index (χ4n) is 1.54. The van der Waals surface area contributed by atoms with Crippen LogP contribution in [-0.2, 0) is 4.57 Å². The van der Waals surface area contributed by atoms with E-state index in [1.54, 1.807) is 0 Å². The van der Waals surface area contributed by atoms with Gasteiger partial charge in [0.1, 0.15) is 0 Å². The molecule has 0 bridgehead atoms. The van der Waals surface area contributed by atoms with Gasteiger partial charge in [0.05, 0.1) is 7.14 Å². The van der Waals surface area contributed by atoms with Crippen LogP contribution >= 0.6 is 7.14 Å². The normalized spacial score (nSPS) is 13.9. The van der Waals surface area contributed by atoms with Crippen LogP contribution in [0.25, 0.3) is 0 Å². The Balaban J connectivity index is 2.66. The second-order valence-corrected chi connectivity index (χ2v) is 7.98. The van der Waals surface area contributed by atoms with Crippen molar-refractivity contribution in [3.63, 3.8) is 0 Å². The zero-order valence-corrected chi connectivity index (χ0v) is 10.8. The quantitative estimate of drug-likeness (QED) is 0.797. The van der Waals surface area contributed by atoms with E-state index < -0.39 is 7.14 Å². The van der Waals surface area contributed by atoms with E-state index in [4.69, 9.17) is 0 Å². The lowest BCUT2D eigenvalue weighted by molar-refractivity contribution is 0.564. The van der Waals surface area contributed by atoms with Crippen LogP contribution < -0.4 is 5.32 Å². The van der Waals surface area contributed by atoms with Gasteiger partial charge in [-0.1, -0.05) is 24.3 Å². The van der Waals surface area contributed by atoms with Gasteiger partial charge in [-0.15, -0.1) is 0 Å². The minimum absolute atomic E-state index is 0.263. The monoisotopic (exact) mass is 225 g/mol. The van der Waals surface area contributed by atoms with Crippen molar-refractivity contribution in [3.8, 4) is 0 Å². The summed E-state index contributed by atoms with van der Waals surface area (Å²) in [6, 6.07) is 8.56. The van der Waals surface area contributed by atoms with Crippen LogP contribution in [-0.4, -0.2) is 19.6 Å². The molecule has 3 heteroatoms. The van der Waals surface area contributed by atoms with Crippen LogP contribution in [0.2, 0.25) is 0 Å². The van der Waals surface area contributed by atoms with E-state index in [-0.39, 0.29) is 6.04 Å². The fraction of sp³-hybridized carbons (Fsp3) is 0.500. The first-order valence-corrected chi connectivity index (χ1v) is 8.02. The van der Waals surface area contributed by atoms with Gasteiger partial charge in [-0.2, -0.15) is 0 Å². The van der Waals surface area contributed by atoms with Crippen molar-refractivity contribution in [2.24, 2.45) is 0 Å². The molecule has 0 heterocycles. The molecule has 84 valence electrons. The van der Waals surface area contributed by atoms with Crippen molar-refractivity contribution < 1.29 is 4.57 Å². The molecule has 0 radical (unpaired) electrons. The summed E-state index contributed by atoms with van der Waals surface area (Å²) in [6.07, 6.45) is 0.600. The van der Waals surface area contributed by atoms with Crippen LogP contribution in [0, 0.1) is 6.92 Å². The molecule has 1 aromatic carbocycles. The summed E-state index contributed by atoms with van der Waals surface area (Å²) in [5.74, 6) is 0. The SMILES string of the molecule is Cc1ccccc1C(C)NCP(C)(C)=O. The third kappa shape index (κ3) is 4.19. The molecule has 0 aliphatic carbocycles. The van der Waals surface area contributed by atoms with Crippen LogP contribution in [0.1, 0.15) is 24.1 Å². The molecule has 0 aromatic heterocycles. The molecular weight excluding hydrogens is 205 g/mol. The van der Waals surface area contributed by atoms with E-state index in [1.165, 1.54) is 11.1 Å². The van der Waals surface area contributed by atoms with Gasteiger partial charge < -0.3 is 9.88 Å². The van der Waals surface area contributed by atoms with Gasteiger partial charge in [0, 0.05) is 12.3 Å². The Morgan fingerprint density at radius 2 is 1.93 bits per heavy atom. The molecule has 1 N–H and O–H groups in total. The summed E-state index contributed by atoms with van der Waals surface area (Å²) < 4.78 is 11.6. The Morgan fingerprint density at radius 1 is 1.33 bits per heavy atom. The molecule has 0 spiro atoms. The molecule has 0 saturated carbocycles. The summed E-state index contributed by atoms with van der Waals surface area (Å²) in [5, 5.41) is 3.32. The second-order valence-electron chi connectivity index (χ2n) is 4.51. The topological polar surface area (TPSA) is 29.1 Å². The number of nitrogens with one attached hydrogen (secondary N) is 1. The second kappa shape index (κ2) is 4.96. The van der Waals surface area contributed by atoms with E-state index in [0.717, 1.165) is 0 Å². The van der Waals surface area contributed by atoms with E-state index >= 15 is 0 Å².